The van der Waals surface area contributed by atoms with Crippen LogP contribution in [0, 0.1) is 11.8 Å². The lowest BCUT2D eigenvalue weighted by molar-refractivity contribution is -0.142. The highest BCUT2D eigenvalue weighted by molar-refractivity contribution is 7.09. The van der Waals surface area contributed by atoms with Gasteiger partial charge in [0.25, 0.3) is 0 Å². The maximum atomic E-state index is 11.0. The summed E-state index contributed by atoms with van der Waals surface area (Å²) in [6, 6.07) is 4.08. The predicted octanol–water partition coefficient (Wildman–Crippen LogP) is 3.43. The molecule has 0 amide bonds. The molecule has 0 saturated carbocycles. The number of hydrogen-bond acceptors (Lipinski definition) is 2. The first-order chi connectivity index (χ1) is 7.09. The fraction of sp³-hybridized carbons (Fsp3) is 0.583. The van der Waals surface area contributed by atoms with E-state index in [-0.39, 0.29) is 5.92 Å². The van der Waals surface area contributed by atoms with Gasteiger partial charge in [0.05, 0.1) is 5.92 Å². The lowest BCUT2D eigenvalue weighted by Gasteiger charge is -2.13. The second-order valence-electron chi connectivity index (χ2n) is 4.28. The molecular weight excluding hydrogens is 208 g/mol. The van der Waals surface area contributed by atoms with Gasteiger partial charge in [0.2, 0.25) is 0 Å². The van der Waals surface area contributed by atoms with Gasteiger partial charge in [-0.25, -0.2) is 0 Å². The van der Waals surface area contributed by atoms with E-state index >= 15 is 0 Å². The van der Waals surface area contributed by atoms with E-state index in [4.69, 9.17) is 5.11 Å². The number of rotatable bonds is 6. The molecule has 1 aromatic rings. The average Bonchev–Trinajstić information content (AvgIpc) is 2.63. The van der Waals surface area contributed by atoms with Gasteiger partial charge in [0.1, 0.15) is 0 Å². The first-order valence-corrected chi connectivity index (χ1v) is 6.22. The van der Waals surface area contributed by atoms with Crippen LogP contribution in [0.2, 0.25) is 0 Å². The van der Waals surface area contributed by atoms with Crippen LogP contribution in [0.3, 0.4) is 0 Å². The molecule has 1 unspecified atom stereocenters. The second-order valence-corrected chi connectivity index (χ2v) is 5.31. The minimum absolute atomic E-state index is 0.188. The zero-order chi connectivity index (χ0) is 11.3. The van der Waals surface area contributed by atoms with E-state index in [1.807, 2.05) is 11.4 Å². The third kappa shape index (κ3) is 4.47. The minimum atomic E-state index is -0.653. The van der Waals surface area contributed by atoms with Crippen LogP contribution in [0.25, 0.3) is 0 Å². The molecule has 1 heterocycles. The van der Waals surface area contributed by atoms with Crippen molar-refractivity contribution in [2.45, 2.75) is 33.1 Å². The molecule has 1 aromatic heterocycles. The Morgan fingerprint density at radius 1 is 1.53 bits per heavy atom. The molecule has 3 heteroatoms. The van der Waals surface area contributed by atoms with Crippen molar-refractivity contribution >= 4 is 17.3 Å². The normalized spacial score (nSPS) is 13.0. The van der Waals surface area contributed by atoms with E-state index in [0.29, 0.717) is 5.92 Å². The van der Waals surface area contributed by atoms with Gasteiger partial charge in [-0.2, -0.15) is 0 Å². The zero-order valence-electron chi connectivity index (χ0n) is 9.27. The van der Waals surface area contributed by atoms with Crippen LogP contribution < -0.4 is 0 Å². The van der Waals surface area contributed by atoms with Crippen LogP contribution in [0.15, 0.2) is 17.5 Å². The largest absolute Gasteiger partial charge is 0.481 e. The van der Waals surface area contributed by atoms with E-state index in [0.717, 1.165) is 19.3 Å². The summed E-state index contributed by atoms with van der Waals surface area (Å²) in [5, 5.41) is 11.1. The molecule has 0 aromatic carbocycles. The minimum Gasteiger partial charge on any atom is -0.481 e. The van der Waals surface area contributed by atoms with Crippen LogP contribution in [-0.2, 0) is 11.2 Å². The van der Waals surface area contributed by atoms with E-state index in [1.54, 1.807) is 11.3 Å². The molecule has 1 N–H and O–H groups in total. The highest BCUT2D eigenvalue weighted by Gasteiger charge is 2.18. The fourth-order valence-electron chi connectivity index (χ4n) is 1.68. The summed E-state index contributed by atoms with van der Waals surface area (Å²) in [5.74, 6) is -0.387. The Bertz CT molecular complexity index is 291. The molecule has 0 bridgehead atoms. The molecular formula is C12H18O2S. The predicted molar refractivity (Wildman–Crippen MR) is 63.2 cm³/mol. The highest BCUT2D eigenvalue weighted by atomic mass is 32.1. The van der Waals surface area contributed by atoms with E-state index in [1.165, 1.54) is 4.88 Å². The van der Waals surface area contributed by atoms with Gasteiger partial charge >= 0.3 is 5.97 Å². The Kier molecular flexibility index (Phi) is 4.82. The number of carbonyl (C=O) groups is 1. The molecule has 0 aliphatic rings. The molecule has 0 aliphatic heterocycles. The van der Waals surface area contributed by atoms with Gasteiger partial charge in [0, 0.05) is 4.88 Å². The Hall–Kier alpha value is -0.830. The molecule has 15 heavy (non-hydrogen) atoms. The molecule has 2 nitrogen and oxygen atoms in total. The Labute approximate surface area is 94.9 Å². The molecule has 0 radical (unpaired) electrons. The van der Waals surface area contributed by atoms with Crippen LogP contribution in [-0.4, -0.2) is 11.1 Å². The standard InChI is InChI=1S/C12H18O2S/c1-9(2)8-10(12(13)14)5-6-11-4-3-7-15-11/h3-4,7,9-10H,5-6,8H2,1-2H3,(H,13,14). The molecule has 0 aliphatic carbocycles. The van der Waals surface area contributed by atoms with Gasteiger partial charge in [-0.1, -0.05) is 19.9 Å². The van der Waals surface area contributed by atoms with Crippen LogP contribution in [0.5, 0.6) is 0 Å². The fourth-order valence-corrected chi connectivity index (χ4v) is 2.41. The van der Waals surface area contributed by atoms with Crippen molar-refractivity contribution in [2.24, 2.45) is 11.8 Å². The average molecular weight is 226 g/mol. The number of thiophene rings is 1. The summed E-state index contributed by atoms with van der Waals surface area (Å²) in [7, 11) is 0. The first-order valence-electron chi connectivity index (χ1n) is 5.34. The zero-order valence-corrected chi connectivity index (χ0v) is 10.1. The lowest BCUT2D eigenvalue weighted by atomic mass is 9.93. The molecule has 84 valence electrons. The maximum Gasteiger partial charge on any atom is 0.306 e. The van der Waals surface area contributed by atoms with Gasteiger partial charge in [-0.3, -0.25) is 4.79 Å². The smallest absolute Gasteiger partial charge is 0.306 e. The molecule has 0 spiro atoms. The topological polar surface area (TPSA) is 37.3 Å². The Morgan fingerprint density at radius 3 is 2.73 bits per heavy atom. The summed E-state index contributed by atoms with van der Waals surface area (Å²) in [4.78, 5) is 12.3. The van der Waals surface area contributed by atoms with Crippen molar-refractivity contribution in [1.82, 2.24) is 0 Å². The van der Waals surface area contributed by atoms with E-state index < -0.39 is 5.97 Å². The molecule has 0 saturated heterocycles. The quantitative estimate of drug-likeness (QED) is 0.807. The number of aryl methyl sites for hydroxylation is 1. The van der Waals surface area contributed by atoms with Crippen LogP contribution in [0.4, 0.5) is 0 Å². The van der Waals surface area contributed by atoms with E-state index in [2.05, 4.69) is 19.9 Å². The van der Waals surface area contributed by atoms with E-state index in [9.17, 15) is 4.79 Å². The maximum absolute atomic E-state index is 11.0. The van der Waals surface area contributed by atoms with Crippen LogP contribution in [0.1, 0.15) is 31.6 Å². The van der Waals surface area contributed by atoms with Gasteiger partial charge < -0.3 is 5.11 Å². The van der Waals surface area contributed by atoms with Crippen molar-refractivity contribution < 1.29 is 9.90 Å². The highest BCUT2D eigenvalue weighted by Crippen LogP contribution is 2.20. The van der Waals surface area contributed by atoms with Gasteiger partial charge in [-0.05, 0) is 36.6 Å². The number of carboxylic acids is 1. The molecule has 1 atom stereocenters. The molecule has 0 fully saturated rings. The van der Waals surface area contributed by atoms with Crippen molar-refractivity contribution in [3.8, 4) is 0 Å². The summed E-state index contributed by atoms with van der Waals surface area (Å²) < 4.78 is 0. The SMILES string of the molecule is CC(C)CC(CCc1cccs1)C(=O)O. The third-order valence-corrected chi connectivity index (χ3v) is 3.36. The number of aliphatic carboxylic acids is 1. The second kappa shape index (κ2) is 5.91. The Morgan fingerprint density at radius 2 is 2.27 bits per heavy atom. The summed E-state index contributed by atoms with van der Waals surface area (Å²) in [5.41, 5.74) is 0. The number of carboxylic acid groups (broad SMARTS) is 1. The van der Waals surface area contributed by atoms with Crippen molar-refractivity contribution in [1.29, 1.82) is 0 Å². The Balaban J connectivity index is 2.41. The summed E-state index contributed by atoms with van der Waals surface area (Å²) in [6.07, 6.45) is 2.43. The van der Waals surface area contributed by atoms with Gasteiger partial charge in [-0.15, -0.1) is 11.3 Å². The summed E-state index contributed by atoms with van der Waals surface area (Å²) in [6.45, 7) is 4.14. The monoisotopic (exact) mass is 226 g/mol. The molecule has 1 rings (SSSR count). The lowest BCUT2D eigenvalue weighted by Crippen LogP contribution is -2.16. The van der Waals surface area contributed by atoms with Crippen molar-refractivity contribution in [3.05, 3.63) is 22.4 Å². The third-order valence-electron chi connectivity index (χ3n) is 2.42. The van der Waals surface area contributed by atoms with Crippen molar-refractivity contribution in [3.63, 3.8) is 0 Å². The first kappa shape index (κ1) is 12.2. The van der Waals surface area contributed by atoms with Crippen LogP contribution >= 0.6 is 11.3 Å². The van der Waals surface area contributed by atoms with Gasteiger partial charge in [0.15, 0.2) is 0 Å². The number of hydrogen-bond donors (Lipinski definition) is 1. The summed E-state index contributed by atoms with van der Waals surface area (Å²) >= 11 is 1.70. The van der Waals surface area contributed by atoms with Crippen molar-refractivity contribution in [2.75, 3.05) is 0 Å².